The molecule has 1 aliphatic heterocycles. The van der Waals surface area contributed by atoms with Crippen LogP contribution in [0.1, 0.15) is 19.8 Å². The summed E-state index contributed by atoms with van der Waals surface area (Å²) in [6.07, 6.45) is 2.03. The molecule has 0 amide bonds. The highest BCUT2D eigenvalue weighted by Gasteiger charge is 2.22. The molecule has 1 aliphatic rings. The highest BCUT2D eigenvalue weighted by atomic mass is 19.1. The van der Waals surface area contributed by atoms with Crippen molar-refractivity contribution in [2.45, 2.75) is 25.9 Å². The van der Waals surface area contributed by atoms with Crippen LogP contribution in [0, 0.1) is 11.6 Å². The van der Waals surface area contributed by atoms with Gasteiger partial charge in [-0.25, -0.2) is 19.6 Å². The molecule has 0 radical (unpaired) electrons. The number of aromatic nitrogens is 1. The minimum atomic E-state index is -0.808. The number of ether oxygens (including phenoxy) is 1. The van der Waals surface area contributed by atoms with Crippen LogP contribution < -0.4 is 16.2 Å². The molecule has 0 aliphatic carbocycles. The van der Waals surface area contributed by atoms with Crippen LogP contribution in [-0.2, 0) is 4.74 Å². The van der Waals surface area contributed by atoms with Gasteiger partial charge >= 0.3 is 0 Å². The number of anilines is 2. The lowest BCUT2D eigenvalue weighted by Crippen LogP contribution is -2.33. The Balaban J connectivity index is 2.21. The maximum Gasteiger partial charge on any atom is 0.178 e. The van der Waals surface area contributed by atoms with Gasteiger partial charge in [0, 0.05) is 25.8 Å². The molecule has 19 heavy (non-hydrogen) atoms. The summed E-state index contributed by atoms with van der Waals surface area (Å²) in [6, 6.07) is 0.787. The van der Waals surface area contributed by atoms with E-state index < -0.39 is 11.6 Å². The van der Waals surface area contributed by atoms with Gasteiger partial charge in [0.25, 0.3) is 0 Å². The van der Waals surface area contributed by atoms with E-state index in [-0.39, 0.29) is 17.7 Å². The van der Waals surface area contributed by atoms with Gasteiger partial charge in [0.15, 0.2) is 23.3 Å². The smallest absolute Gasteiger partial charge is 0.178 e. The van der Waals surface area contributed by atoms with Gasteiger partial charge in [-0.1, -0.05) is 0 Å². The van der Waals surface area contributed by atoms with Crippen molar-refractivity contribution in [2.75, 3.05) is 30.0 Å². The normalized spacial score (nSPS) is 18.6. The number of nitrogens with two attached hydrogens (primary N) is 1. The summed E-state index contributed by atoms with van der Waals surface area (Å²) in [5, 5.41) is 0. The minimum absolute atomic E-state index is 0.0699. The van der Waals surface area contributed by atoms with Crippen molar-refractivity contribution in [2.24, 2.45) is 5.84 Å². The molecular weight excluding hydrogens is 254 g/mol. The first-order chi connectivity index (χ1) is 9.15. The van der Waals surface area contributed by atoms with Gasteiger partial charge < -0.3 is 15.1 Å². The lowest BCUT2D eigenvalue weighted by molar-refractivity contribution is 0.115. The van der Waals surface area contributed by atoms with Gasteiger partial charge in [0.2, 0.25) is 0 Å². The lowest BCUT2D eigenvalue weighted by atomic mass is 10.2. The Kier molecular flexibility index (Phi) is 4.49. The van der Waals surface area contributed by atoms with Crippen LogP contribution in [0.5, 0.6) is 0 Å². The molecule has 5 nitrogen and oxygen atoms in total. The maximum atomic E-state index is 13.8. The Morgan fingerprint density at radius 2 is 2.32 bits per heavy atom. The first kappa shape index (κ1) is 14.0. The molecule has 1 saturated heterocycles. The van der Waals surface area contributed by atoms with E-state index in [1.54, 1.807) is 4.90 Å². The molecule has 3 N–H and O–H groups in total. The summed E-state index contributed by atoms with van der Waals surface area (Å²) in [6.45, 7) is 3.71. The van der Waals surface area contributed by atoms with Gasteiger partial charge in [0.05, 0.1) is 6.10 Å². The molecule has 1 unspecified atom stereocenters. The molecule has 0 aromatic carbocycles. The number of hydrogen-bond donors (Lipinski definition) is 2. The molecule has 1 atom stereocenters. The molecule has 1 aromatic rings. The number of nitrogen functional groups attached to an aromatic ring is 1. The number of hydrazine groups is 1. The Morgan fingerprint density at radius 1 is 1.53 bits per heavy atom. The summed E-state index contributed by atoms with van der Waals surface area (Å²) >= 11 is 0. The third-order valence-electron chi connectivity index (χ3n) is 3.18. The van der Waals surface area contributed by atoms with E-state index >= 15 is 0 Å². The number of pyridine rings is 1. The van der Waals surface area contributed by atoms with E-state index in [9.17, 15) is 8.78 Å². The Bertz CT molecular complexity index is 438. The third kappa shape index (κ3) is 3.10. The topological polar surface area (TPSA) is 63.4 Å². The van der Waals surface area contributed by atoms with Crippen molar-refractivity contribution >= 4 is 11.6 Å². The summed E-state index contributed by atoms with van der Waals surface area (Å²) in [7, 11) is 0. The maximum absolute atomic E-state index is 13.8. The molecule has 1 fully saturated rings. The number of halogens is 2. The van der Waals surface area contributed by atoms with E-state index in [4.69, 9.17) is 10.6 Å². The zero-order valence-electron chi connectivity index (χ0n) is 10.8. The summed E-state index contributed by atoms with van der Waals surface area (Å²) in [4.78, 5) is 5.62. The summed E-state index contributed by atoms with van der Waals surface area (Å²) < 4.78 is 32.7. The van der Waals surface area contributed by atoms with Crippen molar-refractivity contribution in [3.8, 4) is 0 Å². The van der Waals surface area contributed by atoms with Gasteiger partial charge in [-0.2, -0.15) is 0 Å². The van der Waals surface area contributed by atoms with Gasteiger partial charge in [0.1, 0.15) is 0 Å². The first-order valence-corrected chi connectivity index (χ1v) is 6.35. The zero-order valence-corrected chi connectivity index (χ0v) is 10.8. The molecule has 0 saturated carbocycles. The van der Waals surface area contributed by atoms with Crippen molar-refractivity contribution in [1.29, 1.82) is 0 Å². The Labute approximate surface area is 110 Å². The second-order valence-corrected chi connectivity index (χ2v) is 4.44. The van der Waals surface area contributed by atoms with E-state index in [1.165, 1.54) is 0 Å². The van der Waals surface area contributed by atoms with Crippen molar-refractivity contribution < 1.29 is 13.5 Å². The fourth-order valence-corrected chi connectivity index (χ4v) is 2.18. The van der Waals surface area contributed by atoms with Crippen LogP contribution in [0.3, 0.4) is 0 Å². The second-order valence-electron chi connectivity index (χ2n) is 4.44. The number of nitrogens with zero attached hydrogens (tertiary/aromatic N) is 2. The van der Waals surface area contributed by atoms with Crippen molar-refractivity contribution in [3.63, 3.8) is 0 Å². The highest BCUT2D eigenvalue weighted by molar-refractivity contribution is 5.48. The predicted octanol–water partition coefficient (Wildman–Crippen LogP) is 1.65. The van der Waals surface area contributed by atoms with Crippen molar-refractivity contribution in [1.82, 2.24) is 4.98 Å². The fraction of sp³-hybridized carbons (Fsp3) is 0.583. The number of likely N-dealkylation sites (N-methyl/N-ethyl adjacent to an activating group) is 1. The first-order valence-electron chi connectivity index (χ1n) is 6.35. The Morgan fingerprint density at radius 3 is 2.89 bits per heavy atom. The van der Waals surface area contributed by atoms with Crippen LogP contribution in [0.4, 0.5) is 20.4 Å². The van der Waals surface area contributed by atoms with Crippen LogP contribution >= 0.6 is 0 Å². The van der Waals surface area contributed by atoms with E-state index in [0.29, 0.717) is 13.1 Å². The van der Waals surface area contributed by atoms with Crippen LogP contribution in [-0.4, -0.2) is 30.8 Å². The lowest BCUT2D eigenvalue weighted by Gasteiger charge is -2.25. The number of hydrogen-bond acceptors (Lipinski definition) is 5. The second kappa shape index (κ2) is 6.12. The van der Waals surface area contributed by atoms with Crippen molar-refractivity contribution in [3.05, 3.63) is 17.7 Å². The summed E-state index contributed by atoms with van der Waals surface area (Å²) in [5.41, 5.74) is 2.12. The number of nitrogens with one attached hydrogen (secondary N) is 1. The third-order valence-corrected chi connectivity index (χ3v) is 3.18. The zero-order chi connectivity index (χ0) is 13.8. The monoisotopic (exact) mass is 272 g/mol. The Hall–Kier alpha value is -1.47. The average Bonchev–Trinajstić information content (AvgIpc) is 2.89. The molecule has 7 heteroatoms. The molecule has 0 spiro atoms. The van der Waals surface area contributed by atoms with E-state index in [1.807, 2.05) is 6.92 Å². The molecule has 106 valence electrons. The molecule has 0 bridgehead atoms. The average molecular weight is 272 g/mol. The van der Waals surface area contributed by atoms with Gasteiger partial charge in [-0.3, -0.25) is 0 Å². The van der Waals surface area contributed by atoms with E-state index in [2.05, 4.69) is 10.4 Å². The molecular formula is C12H18F2N4O. The standard InChI is InChI=1S/C12H18F2N4O/c1-2-18(7-8-4-3-5-19-8)12-10(14)6-9(13)11(16-12)17-15/h6,8H,2-5,7,15H2,1H3,(H,16,17). The van der Waals surface area contributed by atoms with Gasteiger partial charge in [-0.05, 0) is 19.8 Å². The van der Waals surface area contributed by atoms with Crippen LogP contribution in [0.15, 0.2) is 6.07 Å². The quantitative estimate of drug-likeness (QED) is 0.630. The minimum Gasteiger partial charge on any atom is -0.376 e. The fourth-order valence-electron chi connectivity index (χ4n) is 2.18. The molecule has 1 aromatic heterocycles. The van der Waals surface area contributed by atoms with Crippen LogP contribution in [0.2, 0.25) is 0 Å². The summed E-state index contributed by atoms with van der Waals surface area (Å²) in [5.74, 6) is 3.58. The highest BCUT2D eigenvalue weighted by Crippen LogP contribution is 2.23. The number of rotatable bonds is 5. The van der Waals surface area contributed by atoms with Crippen LogP contribution in [0.25, 0.3) is 0 Å². The van der Waals surface area contributed by atoms with Gasteiger partial charge in [-0.15, -0.1) is 0 Å². The van der Waals surface area contributed by atoms with E-state index in [0.717, 1.165) is 25.5 Å². The molecule has 2 heterocycles. The predicted molar refractivity (Wildman–Crippen MR) is 68.8 cm³/mol. The molecule has 2 rings (SSSR count). The SMILES string of the molecule is CCN(CC1CCCO1)c1nc(NN)c(F)cc1F. The largest absolute Gasteiger partial charge is 0.376 e.